The largest absolute Gasteiger partial charge is 0.467 e. The lowest BCUT2D eigenvalue weighted by Crippen LogP contribution is -2.30. The molecule has 186 valence electrons. The second-order valence-electron chi connectivity index (χ2n) is 8.48. The molecule has 2 amide bonds. The van der Waals surface area contributed by atoms with E-state index in [2.05, 4.69) is 5.32 Å². The summed E-state index contributed by atoms with van der Waals surface area (Å²) in [6.07, 6.45) is 1.60. The van der Waals surface area contributed by atoms with Crippen LogP contribution in [-0.4, -0.2) is 37.4 Å². The highest BCUT2D eigenvalue weighted by molar-refractivity contribution is 7.12. The molecule has 0 saturated carbocycles. The van der Waals surface area contributed by atoms with Crippen molar-refractivity contribution in [2.45, 2.75) is 19.7 Å². The number of rotatable bonds is 11. The van der Waals surface area contributed by atoms with Crippen LogP contribution in [0.15, 0.2) is 88.9 Å². The van der Waals surface area contributed by atoms with Gasteiger partial charge < -0.3 is 24.3 Å². The maximum Gasteiger partial charge on any atom is 0.264 e. The fraction of sp³-hybridized carbons (Fsp3) is 0.214. The van der Waals surface area contributed by atoms with Gasteiger partial charge in [-0.2, -0.15) is 0 Å². The minimum absolute atomic E-state index is 0.0544. The number of thiophene rings is 1. The Kier molecular flexibility index (Phi) is 8.54. The van der Waals surface area contributed by atoms with E-state index >= 15 is 0 Å². The molecule has 1 N–H and O–H groups in total. The molecule has 0 aliphatic rings. The molecule has 0 fully saturated rings. The summed E-state index contributed by atoms with van der Waals surface area (Å²) in [6.45, 7) is 0.993. The Bertz CT molecular complexity index is 1260. The average Bonchev–Trinajstić information content (AvgIpc) is 3.59. The lowest BCUT2D eigenvalue weighted by atomic mass is 10.1. The van der Waals surface area contributed by atoms with Gasteiger partial charge in [0.15, 0.2) is 0 Å². The van der Waals surface area contributed by atoms with Gasteiger partial charge in [0.2, 0.25) is 5.91 Å². The summed E-state index contributed by atoms with van der Waals surface area (Å²) in [5.41, 5.74) is 3.51. The van der Waals surface area contributed by atoms with E-state index < -0.39 is 0 Å². The van der Waals surface area contributed by atoms with Crippen molar-refractivity contribution in [1.29, 1.82) is 0 Å². The van der Waals surface area contributed by atoms with Crippen LogP contribution in [0.2, 0.25) is 0 Å². The highest BCUT2D eigenvalue weighted by Crippen LogP contribution is 2.26. The number of carbonyl (C=O) groups excluding carboxylic acids is 2. The third-order valence-corrected chi connectivity index (χ3v) is 6.35. The van der Waals surface area contributed by atoms with Gasteiger partial charge in [-0.15, -0.1) is 11.3 Å². The van der Waals surface area contributed by atoms with Crippen molar-refractivity contribution >= 4 is 34.5 Å². The third-order valence-electron chi connectivity index (χ3n) is 5.50. The van der Waals surface area contributed by atoms with Crippen LogP contribution in [0, 0.1) is 0 Å². The molecule has 2 aromatic carbocycles. The van der Waals surface area contributed by atoms with Gasteiger partial charge in [-0.3, -0.25) is 9.59 Å². The summed E-state index contributed by atoms with van der Waals surface area (Å²) in [6, 6.07) is 22.8. The van der Waals surface area contributed by atoms with Crippen LogP contribution < -0.4 is 10.2 Å². The zero-order valence-electron chi connectivity index (χ0n) is 20.3. The zero-order valence-corrected chi connectivity index (χ0v) is 21.2. The first kappa shape index (κ1) is 25.2. The third kappa shape index (κ3) is 6.84. The first-order valence-corrected chi connectivity index (χ1v) is 12.4. The molecule has 4 rings (SSSR count). The van der Waals surface area contributed by atoms with E-state index in [0.717, 1.165) is 16.8 Å². The molecule has 0 radical (unpaired) electrons. The number of hydrogen-bond acceptors (Lipinski definition) is 6. The molecular weight excluding hydrogens is 474 g/mol. The molecule has 4 aromatic rings. The summed E-state index contributed by atoms with van der Waals surface area (Å²) in [5, 5.41) is 4.80. The lowest BCUT2D eigenvalue weighted by molar-refractivity contribution is -0.121. The van der Waals surface area contributed by atoms with E-state index in [4.69, 9.17) is 9.15 Å². The standard InChI is InChI=1S/C28H29N3O4S/c1-30(2)25-13-12-23(29-27(32)20-34-19-21-8-4-3-5-9-21)16-22(25)17-31(18-24-10-6-14-35-24)28(33)26-11-7-15-36-26/h3-16H,17-20H2,1-2H3,(H,29,32). The summed E-state index contributed by atoms with van der Waals surface area (Å²) in [5.74, 6) is 0.387. The van der Waals surface area contributed by atoms with Crippen LogP contribution in [0.4, 0.5) is 11.4 Å². The Hall–Kier alpha value is -3.88. The van der Waals surface area contributed by atoms with Crippen molar-refractivity contribution in [2.75, 3.05) is 30.9 Å². The first-order chi connectivity index (χ1) is 17.5. The molecule has 2 aromatic heterocycles. The monoisotopic (exact) mass is 503 g/mol. The lowest BCUT2D eigenvalue weighted by Gasteiger charge is -2.25. The Morgan fingerprint density at radius 3 is 2.50 bits per heavy atom. The normalized spacial score (nSPS) is 10.7. The number of amides is 2. The van der Waals surface area contributed by atoms with Crippen LogP contribution in [0.25, 0.3) is 0 Å². The van der Waals surface area contributed by atoms with Gasteiger partial charge in [-0.05, 0) is 52.9 Å². The number of nitrogens with zero attached hydrogens (tertiary/aromatic N) is 2. The van der Waals surface area contributed by atoms with E-state index in [1.54, 1.807) is 11.2 Å². The summed E-state index contributed by atoms with van der Waals surface area (Å²) < 4.78 is 11.1. The average molecular weight is 504 g/mol. The second kappa shape index (κ2) is 12.2. The molecule has 2 heterocycles. The molecule has 36 heavy (non-hydrogen) atoms. The Morgan fingerprint density at radius 2 is 1.81 bits per heavy atom. The van der Waals surface area contributed by atoms with Crippen molar-refractivity contribution in [3.8, 4) is 0 Å². The number of carbonyl (C=O) groups is 2. The topological polar surface area (TPSA) is 75.0 Å². The number of benzene rings is 2. The highest BCUT2D eigenvalue weighted by atomic mass is 32.1. The number of ether oxygens (including phenoxy) is 1. The Morgan fingerprint density at radius 1 is 0.972 bits per heavy atom. The van der Waals surface area contributed by atoms with Crippen molar-refractivity contribution in [1.82, 2.24) is 4.90 Å². The van der Waals surface area contributed by atoms with Crippen molar-refractivity contribution in [3.05, 3.63) is 106 Å². The minimum atomic E-state index is -0.239. The molecule has 8 heteroatoms. The van der Waals surface area contributed by atoms with Crippen LogP contribution in [-0.2, 0) is 29.2 Å². The maximum atomic E-state index is 13.3. The van der Waals surface area contributed by atoms with Gasteiger partial charge in [0, 0.05) is 32.0 Å². The number of furan rings is 1. The van der Waals surface area contributed by atoms with Crippen molar-refractivity contribution in [2.24, 2.45) is 0 Å². The van der Waals surface area contributed by atoms with Gasteiger partial charge in [-0.25, -0.2) is 0 Å². The molecule has 0 saturated heterocycles. The van der Waals surface area contributed by atoms with E-state index in [-0.39, 0.29) is 18.4 Å². The smallest absolute Gasteiger partial charge is 0.264 e. The maximum absolute atomic E-state index is 13.3. The van der Waals surface area contributed by atoms with Gasteiger partial charge in [0.1, 0.15) is 12.4 Å². The second-order valence-corrected chi connectivity index (χ2v) is 9.43. The van der Waals surface area contributed by atoms with Crippen LogP contribution in [0.3, 0.4) is 0 Å². The number of hydrogen-bond donors (Lipinski definition) is 1. The Balaban J connectivity index is 1.48. The summed E-state index contributed by atoms with van der Waals surface area (Å²) in [4.78, 5) is 30.2. The highest BCUT2D eigenvalue weighted by Gasteiger charge is 2.21. The van der Waals surface area contributed by atoms with Crippen molar-refractivity contribution in [3.63, 3.8) is 0 Å². The predicted molar refractivity (Wildman–Crippen MR) is 142 cm³/mol. The number of anilines is 2. The molecule has 0 atom stereocenters. The molecule has 0 unspecified atom stereocenters. The predicted octanol–water partition coefficient (Wildman–Crippen LogP) is 5.41. The van der Waals surface area contributed by atoms with Gasteiger partial charge in [0.25, 0.3) is 5.91 Å². The number of nitrogens with one attached hydrogen (secondary N) is 1. The van der Waals surface area contributed by atoms with Gasteiger partial charge in [0.05, 0.1) is 24.3 Å². The molecule has 0 bridgehead atoms. The first-order valence-electron chi connectivity index (χ1n) is 11.6. The zero-order chi connectivity index (χ0) is 25.3. The van der Waals surface area contributed by atoms with Crippen LogP contribution in [0.1, 0.15) is 26.6 Å². The summed E-state index contributed by atoms with van der Waals surface area (Å²) in [7, 11) is 3.90. The van der Waals surface area contributed by atoms with Crippen molar-refractivity contribution < 1.29 is 18.7 Å². The van der Waals surface area contributed by atoms with Gasteiger partial charge in [-0.1, -0.05) is 36.4 Å². The quantitative estimate of drug-likeness (QED) is 0.296. The van der Waals surface area contributed by atoms with Crippen LogP contribution in [0.5, 0.6) is 0 Å². The molecule has 0 aliphatic heterocycles. The molecule has 0 aliphatic carbocycles. The minimum Gasteiger partial charge on any atom is -0.467 e. The fourth-order valence-corrected chi connectivity index (χ4v) is 4.50. The fourth-order valence-electron chi connectivity index (χ4n) is 3.81. The van der Waals surface area contributed by atoms with E-state index in [9.17, 15) is 9.59 Å². The van der Waals surface area contributed by atoms with E-state index in [1.807, 2.05) is 97.2 Å². The molecular formula is C28H29N3O4S. The van der Waals surface area contributed by atoms with E-state index in [0.29, 0.717) is 36.0 Å². The van der Waals surface area contributed by atoms with E-state index in [1.165, 1.54) is 11.3 Å². The van der Waals surface area contributed by atoms with Gasteiger partial charge >= 0.3 is 0 Å². The molecule has 0 spiro atoms. The van der Waals surface area contributed by atoms with Crippen LogP contribution >= 0.6 is 11.3 Å². The molecule has 7 nitrogen and oxygen atoms in total. The summed E-state index contributed by atoms with van der Waals surface area (Å²) >= 11 is 1.41. The SMILES string of the molecule is CN(C)c1ccc(NC(=O)COCc2ccccc2)cc1CN(Cc1ccco1)C(=O)c1cccs1. The Labute approximate surface area is 214 Å².